The SMILES string of the molecule is Cc1sc(Br)nc1C(=O)Nc1cnn(C)c1N1CCC[C@@H](CC(=O)C(F)(F)F)CC1. The van der Waals surface area contributed by atoms with Gasteiger partial charge in [-0.15, -0.1) is 11.3 Å². The van der Waals surface area contributed by atoms with Crippen molar-refractivity contribution in [3.05, 3.63) is 20.7 Å². The second-order valence-electron chi connectivity index (χ2n) is 7.24. The fourth-order valence-corrected chi connectivity index (χ4v) is 5.14. The van der Waals surface area contributed by atoms with Crippen LogP contribution in [0.1, 0.15) is 41.0 Å². The predicted octanol–water partition coefficient (Wildman–Crippen LogP) is 4.33. The van der Waals surface area contributed by atoms with Gasteiger partial charge in [0.15, 0.2) is 9.73 Å². The van der Waals surface area contributed by atoms with Crippen molar-refractivity contribution in [2.45, 2.75) is 38.8 Å². The van der Waals surface area contributed by atoms with Crippen LogP contribution in [0.15, 0.2) is 10.1 Å². The number of carbonyl (C=O) groups excluding carboxylic acids is 2. The highest BCUT2D eigenvalue weighted by Gasteiger charge is 2.39. The number of amides is 1. The molecule has 2 aromatic rings. The normalized spacial score (nSPS) is 17.7. The van der Waals surface area contributed by atoms with Crippen LogP contribution in [0.3, 0.4) is 0 Å². The maximum Gasteiger partial charge on any atom is 0.449 e. The van der Waals surface area contributed by atoms with E-state index in [9.17, 15) is 22.8 Å². The number of nitrogens with zero attached hydrogens (tertiary/aromatic N) is 4. The van der Waals surface area contributed by atoms with Crippen molar-refractivity contribution in [1.82, 2.24) is 14.8 Å². The second kappa shape index (κ2) is 9.04. The number of thiazole rings is 1. The Morgan fingerprint density at radius 3 is 2.70 bits per heavy atom. The molecular formula is C18H21BrF3N5O2S. The van der Waals surface area contributed by atoms with Gasteiger partial charge in [0.1, 0.15) is 11.4 Å². The van der Waals surface area contributed by atoms with Gasteiger partial charge in [0.25, 0.3) is 5.91 Å². The van der Waals surface area contributed by atoms with E-state index in [0.29, 0.717) is 53.5 Å². The molecule has 0 unspecified atom stereocenters. The van der Waals surface area contributed by atoms with Crippen molar-refractivity contribution in [3.8, 4) is 0 Å². The van der Waals surface area contributed by atoms with Crippen molar-refractivity contribution < 1.29 is 22.8 Å². The Bertz CT molecular complexity index is 943. The fraction of sp³-hybridized carbons (Fsp3) is 0.556. The highest BCUT2D eigenvalue weighted by atomic mass is 79.9. The van der Waals surface area contributed by atoms with Gasteiger partial charge < -0.3 is 10.2 Å². The van der Waals surface area contributed by atoms with Gasteiger partial charge >= 0.3 is 6.18 Å². The van der Waals surface area contributed by atoms with Crippen LogP contribution >= 0.6 is 27.3 Å². The zero-order valence-corrected chi connectivity index (χ0v) is 18.8. The molecule has 0 spiro atoms. The van der Waals surface area contributed by atoms with E-state index in [1.54, 1.807) is 24.9 Å². The number of ketones is 1. The van der Waals surface area contributed by atoms with E-state index < -0.39 is 18.4 Å². The molecule has 0 radical (unpaired) electrons. The summed E-state index contributed by atoms with van der Waals surface area (Å²) in [6, 6.07) is 0. The van der Waals surface area contributed by atoms with Crippen LogP contribution in [0.4, 0.5) is 24.7 Å². The minimum absolute atomic E-state index is 0.314. The molecule has 0 saturated carbocycles. The van der Waals surface area contributed by atoms with Crippen LogP contribution in [0.2, 0.25) is 0 Å². The highest BCUT2D eigenvalue weighted by molar-refractivity contribution is 9.11. The number of aromatic nitrogens is 3. The van der Waals surface area contributed by atoms with E-state index in [1.807, 2.05) is 4.90 Å². The molecule has 0 bridgehead atoms. The number of aryl methyl sites for hydroxylation is 2. The Morgan fingerprint density at radius 1 is 1.33 bits per heavy atom. The van der Waals surface area contributed by atoms with Crippen LogP contribution in [-0.4, -0.2) is 45.7 Å². The summed E-state index contributed by atoms with van der Waals surface area (Å²) in [6.07, 6.45) is -2.08. The number of nitrogens with one attached hydrogen (secondary N) is 1. The van der Waals surface area contributed by atoms with Crippen LogP contribution in [-0.2, 0) is 11.8 Å². The van der Waals surface area contributed by atoms with Gasteiger partial charge in [0.05, 0.1) is 6.20 Å². The molecule has 1 fully saturated rings. The van der Waals surface area contributed by atoms with E-state index >= 15 is 0 Å². The zero-order valence-electron chi connectivity index (χ0n) is 16.4. The first-order chi connectivity index (χ1) is 14.1. The Balaban J connectivity index is 1.71. The average Bonchev–Trinajstić information content (AvgIpc) is 3.08. The molecule has 30 heavy (non-hydrogen) atoms. The summed E-state index contributed by atoms with van der Waals surface area (Å²) in [5, 5.41) is 7.07. The maximum absolute atomic E-state index is 12.6. The van der Waals surface area contributed by atoms with Crippen LogP contribution in [0.5, 0.6) is 0 Å². The summed E-state index contributed by atoms with van der Waals surface area (Å²) >= 11 is 4.63. The van der Waals surface area contributed by atoms with E-state index in [4.69, 9.17) is 0 Å². The third kappa shape index (κ3) is 5.20. The third-order valence-corrected chi connectivity index (χ3v) is 6.50. The molecule has 3 heterocycles. The van der Waals surface area contributed by atoms with Crippen LogP contribution in [0.25, 0.3) is 0 Å². The van der Waals surface area contributed by atoms with Crippen molar-refractivity contribution in [3.63, 3.8) is 0 Å². The lowest BCUT2D eigenvalue weighted by Crippen LogP contribution is -2.28. The summed E-state index contributed by atoms with van der Waals surface area (Å²) in [5.74, 6) is -1.66. The minimum atomic E-state index is -4.78. The lowest BCUT2D eigenvalue weighted by Gasteiger charge is -2.24. The summed E-state index contributed by atoms with van der Waals surface area (Å²) in [4.78, 5) is 30.9. The molecule has 12 heteroatoms. The van der Waals surface area contributed by atoms with Gasteiger partial charge in [0, 0.05) is 31.4 Å². The molecule has 1 amide bonds. The maximum atomic E-state index is 12.6. The Labute approximate surface area is 183 Å². The molecule has 1 saturated heterocycles. The van der Waals surface area contributed by atoms with Gasteiger partial charge in [-0.2, -0.15) is 18.3 Å². The molecule has 1 aliphatic rings. The largest absolute Gasteiger partial charge is 0.449 e. The monoisotopic (exact) mass is 507 g/mol. The molecule has 1 N–H and O–H groups in total. The van der Waals surface area contributed by atoms with E-state index in [0.717, 1.165) is 4.88 Å². The zero-order chi connectivity index (χ0) is 22.1. The number of hydrogen-bond acceptors (Lipinski definition) is 6. The summed E-state index contributed by atoms with van der Waals surface area (Å²) in [5.41, 5.74) is 0.833. The molecule has 164 valence electrons. The van der Waals surface area contributed by atoms with Crippen molar-refractivity contribution in [2.75, 3.05) is 23.3 Å². The smallest absolute Gasteiger partial charge is 0.355 e. The quantitative estimate of drug-likeness (QED) is 0.651. The highest BCUT2D eigenvalue weighted by Crippen LogP contribution is 2.32. The summed E-state index contributed by atoms with van der Waals surface area (Å²) in [6.45, 7) is 2.87. The molecule has 1 aliphatic heterocycles. The Morgan fingerprint density at radius 2 is 2.07 bits per heavy atom. The molecule has 1 atom stereocenters. The van der Waals surface area contributed by atoms with Crippen LogP contribution < -0.4 is 10.2 Å². The van der Waals surface area contributed by atoms with E-state index in [-0.39, 0.29) is 11.8 Å². The number of carbonyl (C=O) groups is 2. The topological polar surface area (TPSA) is 80.1 Å². The van der Waals surface area contributed by atoms with Gasteiger partial charge in [-0.25, -0.2) is 4.98 Å². The summed E-state index contributed by atoms with van der Waals surface area (Å²) < 4.78 is 40.0. The van der Waals surface area contributed by atoms with Crippen molar-refractivity contribution in [2.24, 2.45) is 13.0 Å². The average molecular weight is 508 g/mol. The second-order valence-corrected chi connectivity index (χ2v) is 9.72. The number of rotatable bonds is 5. The first-order valence-corrected chi connectivity index (χ1v) is 11.0. The van der Waals surface area contributed by atoms with Crippen molar-refractivity contribution >= 4 is 50.5 Å². The summed E-state index contributed by atoms with van der Waals surface area (Å²) in [7, 11) is 1.74. The fourth-order valence-electron chi connectivity index (χ4n) is 3.61. The Hall–Kier alpha value is -1.95. The Kier molecular flexibility index (Phi) is 6.85. The number of alkyl halides is 3. The minimum Gasteiger partial charge on any atom is -0.355 e. The van der Waals surface area contributed by atoms with Gasteiger partial charge in [-0.05, 0) is 48.0 Å². The third-order valence-electron chi connectivity index (χ3n) is 5.08. The molecule has 0 aromatic carbocycles. The lowest BCUT2D eigenvalue weighted by molar-refractivity contribution is -0.172. The van der Waals surface area contributed by atoms with Gasteiger partial charge in [0.2, 0.25) is 5.78 Å². The first-order valence-electron chi connectivity index (χ1n) is 9.37. The van der Waals surface area contributed by atoms with Crippen molar-refractivity contribution in [1.29, 1.82) is 0 Å². The van der Waals surface area contributed by atoms with Gasteiger partial charge in [-0.1, -0.05) is 0 Å². The molecule has 7 nitrogen and oxygen atoms in total. The molecule has 3 rings (SSSR count). The van der Waals surface area contributed by atoms with E-state index in [2.05, 4.69) is 31.3 Å². The lowest BCUT2D eigenvalue weighted by atomic mass is 9.94. The molecular weight excluding hydrogens is 487 g/mol. The van der Waals surface area contributed by atoms with Gasteiger partial charge in [-0.3, -0.25) is 14.3 Å². The number of hydrogen-bond donors (Lipinski definition) is 1. The van der Waals surface area contributed by atoms with Crippen LogP contribution in [0, 0.1) is 12.8 Å². The molecule has 2 aromatic heterocycles. The number of Topliss-reactive ketones (excluding diaryl/α,β-unsaturated/α-hetero) is 1. The first kappa shape index (κ1) is 22.7. The number of anilines is 2. The number of halogens is 4. The predicted molar refractivity (Wildman–Crippen MR) is 111 cm³/mol. The standard InChI is InChI=1S/C18H21BrF3N5O2S/c1-10-14(25-17(19)30-10)15(29)24-12-9-23-26(2)16(12)27-6-3-4-11(5-7-27)8-13(28)18(20,21)22/h9,11H,3-8H2,1-2H3,(H,24,29)/t11-/m1/s1. The molecule has 0 aliphatic carbocycles. The van der Waals surface area contributed by atoms with E-state index in [1.165, 1.54) is 11.3 Å².